The molecule has 0 aliphatic carbocycles. The molecule has 2 heterocycles. The number of fused-ring (bicyclic) bond motifs is 1. The maximum atomic E-state index is 12.8. The van der Waals surface area contributed by atoms with Gasteiger partial charge in [-0.3, -0.25) is 9.80 Å². The Morgan fingerprint density at radius 1 is 1.08 bits per heavy atom. The molecule has 0 saturated carbocycles. The Labute approximate surface area is 156 Å². The maximum Gasteiger partial charge on any atom is 0.414 e. The predicted molar refractivity (Wildman–Crippen MR) is 97.5 cm³/mol. The van der Waals surface area contributed by atoms with Crippen molar-refractivity contribution in [3.8, 4) is 0 Å². The SMILES string of the molecule is CC1=C[C@@H]2OC(C)(C)N(C(=O)OC(C)(C)C)[C@@H]2CN1C(=O)OC(C)(C)C. The molecule has 7 heteroatoms. The highest BCUT2D eigenvalue weighted by Gasteiger charge is 2.53. The van der Waals surface area contributed by atoms with Crippen LogP contribution in [0.4, 0.5) is 9.59 Å². The molecule has 0 N–H and O–H groups in total. The van der Waals surface area contributed by atoms with Gasteiger partial charge in [0.1, 0.15) is 23.0 Å². The minimum Gasteiger partial charge on any atom is -0.444 e. The van der Waals surface area contributed by atoms with Crippen molar-refractivity contribution in [3.63, 3.8) is 0 Å². The molecular formula is C19H32N2O5. The molecular weight excluding hydrogens is 336 g/mol. The second-order valence-electron chi connectivity index (χ2n) is 9.35. The van der Waals surface area contributed by atoms with E-state index in [1.807, 2.05) is 68.4 Å². The predicted octanol–water partition coefficient (Wildman–Crippen LogP) is 3.88. The lowest BCUT2D eigenvalue weighted by molar-refractivity contribution is -0.0713. The van der Waals surface area contributed by atoms with E-state index in [2.05, 4.69) is 0 Å². The summed E-state index contributed by atoms with van der Waals surface area (Å²) >= 11 is 0. The lowest BCUT2D eigenvalue weighted by Crippen LogP contribution is -2.55. The van der Waals surface area contributed by atoms with Gasteiger partial charge in [-0.05, 0) is 68.4 Å². The molecule has 0 spiro atoms. The highest BCUT2D eigenvalue weighted by molar-refractivity contribution is 5.73. The molecule has 2 amide bonds. The summed E-state index contributed by atoms with van der Waals surface area (Å²) in [5, 5.41) is 0. The molecule has 0 aromatic rings. The second kappa shape index (κ2) is 6.44. The average Bonchev–Trinajstić information content (AvgIpc) is 2.62. The van der Waals surface area contributed by atoms with E-state index in [0.29, 0.717) is 6.54 Å². The van der Waals surface area contributed by atoms with Gasteiger partial charge in [0.25, 0.3) is 0 Å². The normalized spacial score (nSPS) is 25.5. The van der Waals surface area contributed by atoms with Gasteiger partial charge in [0.2, 0.25) is 0 Å². The largest absolute Gasteiger partial charge is 0.444 e. The van der Waals surface area contributed by atoms with Gasteiger partial charge < -0.3 is 14.2 Å². The van der Waals surface area contributed by atoms with E-state index in [1.54, 1.807) is 9.80 Å². The van der Waals surface area contributed by atoms with Crippen molar-refractivity contribution in [2.45, 2.75) is 91.4 Å². The molecule has 2 aliphatic heterocycles. The lowest BCUT2D eigenvalue weighted by atomic mass is 10.0. The Morgan fingerprint density at radius 2 is 1.58 bits per heavy atom. The van der Waals surface area contributed by atoms with Gasteiger partial charge in [0.05, 0.1) is 12.6 Å². The van der Waals surface area contributed by atoms with Gasteiger partial charge in [-0.25, -0.2) is 9.59 Å². The Morgan fingerprint density at radius 3 is 2.08 bits per heavy atom. The number of nitrogens with zero attached hydrogens (tertiary/aromatic N) is 2. The quantitative estimate of drug-likeness (QED) is 0.649. The molecule has 0 aromatic carbocycles. The Hall–Kier alpha value is -1.76. The van der Waals surface area contributed by atoms with Crippen LogP contribution < -0.4 is 0 Å². The van der Waals surface area contributed by atoms with Crippen molar-refractivity contribution < 1.29 is 23.8 Å². The van der Waals surface area contributed by atoms with Crippen LogP contribution in [0.2, 0.25) is 0 Å². The van der Waals surface area contributed by atoms with Crippen LogP contribution in [-0.2, 0) is 14.2 Å². The van der Waals surface area contributed by atoms with Gasteiger partial charge in [-0.1, -0.05) is 0 Å². The third kappa shape index (κ3) is 4.50. The zero-order valence-electron chi connectivity index (χ0n) is 17.4. The monoisotopic (exact) mass is 368 g/mol. The average molecular weight is 368 g/mol. The van der Waals surface area contributed by atoms with Crippen LogP contribution in [-0.4, -0.2) is 57.6 Å². The Bertz CT molecular complexity index is 612. The van der Waals surface area contributed by atoms with E-state index in [0.717, 1.165) is 5.70 Å². The van der Waals surface area contributed by atoms with Crippen molar-refractivity contribution in [1.29, 1.82) is 0 Å². The zero-order valence-corrected chi connectivity index (χ0v) is 17.4. The number of ether oxygens (including phenoxy) is 3. The van der Waals surface area contributed by atoms with Crippen molar-refractivity contribution in [2.24, 2.45) is 0 Å². The summed E-state index contributed by atoms with van der Waals surface area (Å²) in [5.74, 6) is 0. The summed E-state index contributed by atoms with van der Waals surface area (Å²) in [6.45, 7) is 16.7. The van der Waals surface area contributed by atoms with E-state index in [4.69, 9.17) is 14.2 Å². The number of hydrogen-bond acceptors (Lipinski definition) is 5. The van der Waals surface area contributed by atoms with Crippen LogP contribution in [0.25, 0.3) is 0 Å². The Balaban J connectivity index is 2.27. The third-order valence-electron chi connectivity index (χ3n) is 4.12. The third-order valence-corrected chi connectivity index (χ3v) is 4.12. The molecule has 2 atom stereocenters. The zero-order chi connectivity index (χ0) is 20.1. The standard InChI is InChI=1S/C19H32N2O5/c1-12-10-14-13(11-20(12)15(22)25-17(2,3)4)21(19(8,9)24-14)16(23)26-18(5,6)7/h10,13-14H,11H2,1-9H3/t13-,14+/m1/s1. The van der Waals surface area contributed by atoms with Crippen LogP contribution in [0.1, 0.15) is 62.3 Å². The van der Waals surface area contributed by atoms with E-state index in [9.17, 15) is 9.59 Å². The number of carbonyl (C=O) groups is 2. The topological polar surface area (TPSA) is 68.3 Å². The van der Waals surface area contributed by atoms with Crippen molar-refractivity contribution in [3.05, 3.63) is 11.8 Å². The molecule has 0 radical (unpaired) electrons. The van der Waals surface area contributed by atoms with Gasteiger partial charge >= 0.3 is 12.2 Å². The first-order chi connectivity index (χ1) is 11.6. The van der Waals surface area contributed by atoms with Gasteiger partial charge in [0, 0.05) is 5.70 Å². The fourth-order valence-corrected chi connectivity index (χ4v) is 3.21. The smallest absolute Gasteiger partial charge is 0.414 e. The molecule has 2 rings (SSSR count). The number of hydrogen-bond donors (Lipinski definition) is 0. The molecule has 1 saturated heterocycles. The van der Waals surface area contributed by atoms with E-state index >= 15 is 0 Å². The first-order valence-corrected chi connectivity index (χ1v) is 9.00. The van der Waals surface area contributed by atoms with E-state index in [1.165, 1.54) is 0 Å². The number of rotatable bonds is 0. The Kier molecular flexibility index (Phi) is 5.09. The highest BCUT2D eigenvalue weighted by atomic mass is 16.6. The van der Waals surface area contributed by atoms with Crippen LogP contribution in [0.15, 0.2) is 11.8 Å². The first kappa shape index (κ1) is 20.6. The second-order valence-corrected chi connectivity index (χ2v) is 9.35. The molecule has 0 unspecified atom stereocenters. The molecule has 2 aliphatic rings. The summed E-state index contributed by atoms with van der Waals surface area (Å²) < 4.78 is 17.1. The van der Waals surface area contributed by atoms with Crippen molar-refractivity contribution >= 4 is 12.2 Å². The van der Waals surface area contributed by atoms with E-state index in [-0.39, 0.29) is 12.1 Å². The summed E-state index contributed by atoms with van der Waals surface area (Å²) in [5.41, 5.74) is -1.29. The summed E-state index contributed by atoms with van der Waals surface area (Å²) in [6, 6.07) is -0.337. The molecule has 0 bridgehead atoms. The summed E-state index contributed by atoms with van der Waals surface area (Å²) in [4.78, 5) is 28.5. The van der Waals surface area contributed by atoms with Crippen molar-refractivity contribution in [2.75, 3.05) is 6.54 Å². The highest BCUT2D eigenvalue weighted by Crippen LogP contribution is 2.38. The van der Waals surface area contributed by atoms with Crippen molar-refractivity contribution in [1.82, 2.24) is 9.80 Å². The van der Waals surface area contributed by atoms with E-state index < -0.39 is 29.1 Å². The molecule has 148 valence electrons. The molecule has 7 nitrogen and oxygen atoms in total. The molecule has 0 aromatic heterocycles. The summed E-state index contributed by atoms with van der Waals surface area (Å²) in [7, 11) is 0. The van der Waals surface area contributed by atoms with Crippen LogP contribution >= 0.6 is 0 Å². The number of allylic oxidation sites excluding steroid dienone is 1. The van der Waals surface area contributed by atoms with Crippen LogP contribution in [0.3, 0.4) is 0 Å². The minimum absolute atomic E-state index is 0.295. The molecule has 26 heavy (non-hydrogen) atoms. The maximum absolute atomic E-state index is 12.8. The number of amides is 2. The lowest BCUT2D eigenvalue weighted by Gasteiger charge is -2.38. The van der Waals surface area contributed by atoms with Gasteiger partial charge in [-0.2, -0.15) is 0 Å². The fraction of sp³-hybridized carbons (Fsp3) is 0.789. The number of carbonyl (C=O) groups excluding carboxylic acids is 2. The van der Waals surface area contributed by atoms with Crippen LogP contribution in [0, 0.1) is 0 Å². The minimum atomic E-state index is -0.835. The molecule has 1 fully saturated rings. The fourth-order valence-electron chi connectivity index (χ4n) is 3.21. The summed E-state index contributed by atoms with van der Waals surface area (Å²) in [6.07, 6.45) is 0.686. The van der Waals surface area contributed by atoms with Gasteiger partial charge in [-0.15, -0.1) is 0 Å². The van der Waals surface area contributed by atoms with Gasteiger partial charge in [0.15, 0.2) is 0 Å². The first-order valence-electron chi connectivity index (χ1n) is 9.00. The van der Waals surface area contributed by atoms with Crippen LogP contribution in [0.5, 0.6) is 0 Å².